The molecule has 2 nitrogen and oxygen atoms in total. The van der Waals surface area contributed by atoms with Crippen LogP contribution in [0.2, 0.25) is 0 Å². The van der Waals surface area contributed by atoms with E-state index in [1.165, 1.54) is 25.7 Å². The summed E-state index contributed by atoms with van der Waals surface area (Å²) in [7, 11) is 0. The highest BCUT2D eigenvalue weighted by molar-refractivity contribution is 5.80. The average molecular weight is 167 g/mol. The molecule has 0 saturated heterocycles. The zero-order chi connectivity index (χ0) is 8.60. The molecule has 2 aliphatic carbocycles. The zero-order valence-electron chi connectivity index (χ0n) is 7.73. The van der Waals surface area contributed by atoms with Gasteiger partial charge in [-0.15, -0.1) is 0 Å². The van der Waals surface area contributed by atoms with E-state index in [2.05, 4.69) is 12.2 Å². The second-order valence-corrected chi connectivity index (χ2v) is 4.53. The summed E-state index contributed by atoms with van der Waals surface area (Å²) < 4.78 is 0. The van der Waals surface area contributed by atoms with Crippen LogP contribution in [-0.4, -0.2) is 11.4 Å². The van der Waals surface area contributed by atoms with Crippen molar-refractivity contribution in [3.63, 3.8) is 0 Å². The molecule has 2 heteroatoms. The molecule has 0 aromatic rings. The minimum Gasteiger partial charge on any atom is -0.351 e. The average Bonchev–Trinajstić information content (AvgIpc) is 2.55. The van der Waals surface area contributed by atoms with E-state index in [0.29, 0.717) is 11.8 Å². The van der Waals surface area contributed by atoms with Gasteiger partial charge < -0.3 is 5.32 Å². The lowest BCUT2D eigenvalue weighted by Gasteiger charge is -2.15. The molecular weight excluding hydrogens is 150 g/mol. The number of hydrogen-bond donors (Lipinski definition) is 1. The van der Waals surface area contributed by atoms with Crippen LogP contribution in [0.1, 0.15) is 45.4 Å². The maximum Gasteiger partial charge on any atom is 0.223 e. The second-order valence-electron chi connectivity index (χ2n) is 4.53. The Morgan fingerprint density at radius 1 is 1.33 bits per heavy atom. The van der Waals surface area contributed by atoms with Crippen LogP contribution in [0.15, 0.2) is 0 Å². The molecule has 2 saturated carbocycles. The van der Waals surface area contributed by atoms with Gasteiger partial charge in [-0.05, 0) is 32.6 Å². The summed E-state index contributed by atoms with van der Waals surface area (Å²) in [5.74, 6) is 0.648. The monoisotopic (exact) mass is 167 g/mol. The van der Waals surface area contributed by atoms with Gasteiger partial charge in [0.15, 0.2) is 0 Å². The lowest BCUT2D eigenvalue weighted by Crippen LogP contribution is -2.37. The number of carbonyl (C=O) groups is 1. The molecule has 0 unspecified atom stereocenters. The second kappa shape index (κ2) is 2.75. The van der Waals surface area contributed by atoms with Crippen LogP contribution < -0.4 is 5.32 Å². The summed E-state index contributed by atoms with van der Waals surface area (Å²) in [6, 6.07) is 0. The van der Waals surface area contributed by atoms with Gasteiger partial charge >= 0.3 is 0 Å². The summed E-state index contributed by atoms with van der Waals surface area (Å²) in [6.07, 6.45) is 7.06. The molecule has 0 atom stereocenters. The molecule has 0 aromatic heterocycles. The van der Waals surface area contributed by atoms with Crippen molar-refractivity contribution in [2.75, 3.05) is 0 Å². The number of rotatable bonds is 2. The van der Waals surface area contributed by atoms with Crippen molar-refractivity contribution in [1.29, 1.82) is 0 Å². The van der Waals surface area contributed by atoms with Crippen molar-refractivity contribution in [3.05, 3.63) is 0 Å². The summed E-state index contributed by atoms with van der Waals surface area (Å²) in [4.78, 5) is 11.6. The molecular formula is C10H17NO. The van der Waals surface area contributed by atoms with Crippen LogP contribution in [0.5, 0.6) is 0 Å². The van der Waals surface area contributed by atoms with Gasteiger partial charge in [0, 0.05) is 11.5 Å². The highest BCUT2D eigenvalue weighted by Gasteiger charge is 2.40. The van der Waals surface area contributed by atoms with E-state index in [1.807, 2.05) is 0 Å². The molecule has 0 aliphatic heterocycles. The van der Waals surface area contributed by atoms with Crippen molar-refractivity contribution >= 4 is 5.91 Å². The number of hydrogen-bond acceptors (Lipinski definition) is 1. The van der Waals surface area contributed by atoms with Crippen molar-refractivity contribution in [3.8, 4) is 0 Å². The Morgan fingerprint density at radius 2 is 1.92 bits per heavy atom. The fourth-order valence-electron chi connectivity index (χ4n) is 1.90. The quantitative estimate of drug-likeness (QED) is 0.668. The molecule has 68 valence electrons. The van der Waals surface area contributed by atoms with Crippen LogP contribution in [0.4, 0.5) is 0 Å². The molecule has 1 amide bonds. The van der Waals surface area contributed by atoms with E-state index in [0.717, 1.165) is 12.8 Å². The van der Waals surface area contributed by atoms with Gasteiger partial charge in [0.2, 0.25) is 5.91 Å². The van der Waals surface area contributed by atoms with Crippen LogP contribution in [0.3, 0.4) is 0 Å². The van der Waals surface area contributed by atoms with Crippen LogP contribution >= 0.6 is 0 Å². The van der Waals surface area contributed by atoms with Gasteiger partial charge in [-0.1, -0.05) is 12.8 Å². The Kier molecular flexibility index (Phi) is 1.85. The van der Waals surface area contributed by atoms with Crippen molar-refractivity contribution in [2.45, 2.75) is 51.0 Å². The Balaban J connectivity index is 1.83. The molecule has 2 fully saturated rings. The topological polar surface area (TPSA) is 29.1 Å². The highest BCUT2D eigenvalue weighted by atomic mass is 16.2. The molecule has 0 bridgehead atoms. The lowest BCUT2D eigenvalue weighted by molar-refractivity contribution is -0.125. The van der Waals surface area contributed by atoms with E-state index in [9.17, 15) is 4.79 Å². The van der Waals surface area contributed by atoms with E-state index >= 15 is 0 Å². The summed E-state index contributed by atoms with van der Waals surface area (Å²) in [5.41, 5.74) is 0.180. The first-order valence-corrected chi connectivity index (χ1v) is 5.02. The Hall–Kier alpha value is -0.530. The van der Waals surface area contributed by atoms with E-state index in [4.69, 9.17) is 0 Å². The van der Waals surface area contributed by atoms with Crippen LogP contribution in [0, 0.1) is 5.92 Å². The van der Waals surface area contributed by atoms with Gasteiger partial charge in [0.05, 0.1) is 0 Å². The van der Waals surface area contributed by atoms with Gasteiger partial charge in [0.25, 0.3) is 0 Å². The standard InChI is InChI=1S/C10H17NO/c1-10(6-7-10)11-9(12)8-4-2-3-5-8/h8H,2-7H2,1H3,(H,11,12). The molecule has 2 aliphatic rings. The van der Waals surface area contributed by atoms with Crippen LogP contribution in [-0.2, 0) is 4.79 Å². The summed E-state index contributed by atoms with van der Waals surface area (Å²) in [5, 5.41) is 3.13. The maximum absolute atomic E-state index is 11.6. The van der Waals surface area contributed by atoms with Crippen molar-refractivity contribution in [2.24, 2.45) is 5.92 Å². The van der Waals surface area contributed by atoms with Gasteiger partial charge in [-0.3, -0.25) is 4.79 Å². The minimum atomic E-state index is 0.180. The van der Waals surface area contributed by atoms with Crippen LogP contribution in [0.25, 0.3) is 0 Å². The number of carbonyl (C=O) groups excluding carboxylic acids is 1. The predicted molar refractivity (Wildman–Crippen MR) is 47.7 cm³/mol. The SMILES string of the molecule is CC1(NC(=O)C2CCCC2)CC1. The van der Waals surface area contributed by atoms with Crippen molar-refractivity contribution < 1.29 is 4.79 Å². The molecule has 12 heavy (non-hydrogen) atoms. The molecule has 0 heterocycles. The van der Waals surface area contributed by atoms with E-state index in [-0.39, 0.29) is 5.54 Å². The van der Waals surface area contributed by atoms with Gasteiger partial charge in [-0.2, -0.15) is 0 Å². The Morgan fingerprint density at radius 3 is 2.42 bits per heavy atom. The third-order valence-electron chi connectivity index (χ3n) is 3.15. The smallest absolute Gasteiger partial charge is 0.223 e. The molecule has 0 aromatic carbocycles. The molecule has 0 spiro atoms. The zero-order valence-corrected chi connectivity index (χ0v) is 7.73. The van der Waals surface area contributed by atoms with Gasteiger partial charge in [-0.25, -0.2) is 0 Å². The normalized spacial score (nSPS) is 27.1. The Labute approximate surface area is 73.7 Å². The summed E-state index contributed by atoms with van der Waals surface area (Å²) >= 11 is 0. The third kappa shape index (κ3) is 1.62. The first-order valence-electron chi connectivity index (χ1n) is 5.02. The lowest BCUT2D eigenvalue weighted by atomic mass is 10.1. The molecule has 2 rings (SSSR count). The fraction of sp³-hybridized carbons (Fsp3) is 0.900. The Bertz CT molecular complexity index is 190. The summed E-state index contributed by atoms with van der Waals surface area (Å²) in [6.45, 7) is 2.14. The highest BCUT2D eigenvalue weighted by Crippen LogP contribution is 2.35. The van der Waals surface area contributed by atoms with Crippen molar-refractivity contribution in [1.82, 2.24) is 5.32 Å². The number of nitrogens with one attached hydrogen (secondary N) is 1. The first kappa shape index (κ1) is 8.09. The third-order valence-corrected chi connectivity index (χ3v) is 3.15. The van der Waals surface area contributed by atoms with E-state index < -0.39 is 0 Å². The molecule has 0 radical (unpaired) electrons. The number of amides is 1. The maximum atomic E-state index is 11.6. The largest absolute Gasteiger partial charge is 0.351 e. The predicted octanol–water partition coefficient (Wildman–Crippen LogP) is 1.85. The first-order chi connectivity index (χ1) is 5.70. The minimum absolute atomic E-state index is 0.180. The molecule has 1 N–H and O–H groups in total. The van der Waals surface area contributed by atoms with E-state index in [1.54, 1.807) is 0 Å². The van der Waals surface area contributed by atoms with Gasteiger partial charge in [0.1, 0.15) is 0 Å². The fourth-order valence-corrected chi connectivity index (χ4v) is 1.90.